The normalized spacial score (nSPS) is 10.0. The maximum absolute atomic E-state index is 11.9. The van der Waals surface area contributed by atoms with Crippen molar-refractivity contribution in [1.82, 2.24) is 15.1 Å². The summed E-state index contributed by atoms with van der Waals surface area (Å²) in [6, 6.07) is 1.43. The van der Waals surface area contributed by atoms with Crippen LogP contribution in [0.5, 0.6) is 0 Å². The van der Waals surface area contributed by atoms with Gasteiger partial charge in [-0.15, -0.1) is 0 Å². The summed E-state index contributed by atoms with van der Waals surface area (Å²) < 4.78 is 4.78. The second-order valence-corrected chi connectivity index (χ2v) is 3.33. The highest BCUT2D eigenvalue weighted by molar-refractivity contribution is 5.94. The molecular weight excluding hydrogens is 224 g/mol. The van der Waals surface area contributed by atoms with Gasteiger partial charge in [0.1, 0.15) is 18.1 Å². The predicted octanol–water partition coefficient (Wildman–Crippen LogP) is 0.0171. The van der Waals surface area contributed by atoms with E-state index in [1.807, 2.05) is 0 Å². The Kier molecular flexibility index (Phi) is 4.50. The number of hydrogen-bond acceptors (Lipinski definition) is 5. The highest BCUT2D eigenvalue weighted by atomic mass is 16.5. The summed E-state index contributed by atoms with van der Waals surface area (Å²) in [5.41, 5.74) is 5.66. The van der Waals surface area contributed by atoms with Crippen LogP contribution in [0.15, 0.2) is 6.07 Å². The minimum Gasteiger partial charge on any atom is -0.465 e. The Balaban J connectivity index is 2.67. The van der Waals surface area contributed by atoms with Crippen molar-refractivity contribution in [3.8, 4) is 0 Å². The molecule has 0 aliphatic rings. The second kappa shape index (κ2) is 5.88. The van der Waals surface area contributed by atoms with E-state index in [9.17, 15) is 9.59 Å². The number of aromatic amines is 1. The molecule has 1 aromatic rings. The smallest absolute Gasteiger partial charge is 0.325 e. The highest BCUT2D eigenvalue weighted by Gasteiger charge is 2.19. The SMILES string of the molecule is CCOC(=O)CN(CC)C(=O)c1cc(N)n[nH]1. The zero-order valence-electron chi connectivity index (χ0n) is 9.90. The van der Waals surface area contributed by atoms with E-state index in [0.29, 0.717) is 13.2 Å². The van der Waals surface area contributed by atoms with Crippen LogP contribution < -0.4 is 5.73 Å². The third-order valence-corrected chi connectivity index (χ3v) is 2.12. The van der Waals surface area contributed by atoms with Gasteiger partial charge in [-0.1, -0.05) is 0 Å². The lowest BCUT2D eigenvalue weighted by Crippen LogP contribution is -2.36. The minimum atomic E-state index is -0.435. The Morgan fingerprint density at radius 1 is 1.53 bits per heavy atom. The van der Waals surface area contributed by atoms with Gasteiger partial charge in [0.2, 0.25) is 0 Å². The summed E-state index contributed by atoms with van der Waals surface area (Å²) in [5.74, 6) is -0.527. The molecule has 0 radical (unpaired) electrons. The molecule has 0 aromatic carbocycles. The first-order valence-electron chi connectivity index (χ1n) is 5.34. The molecule has 0 spiro atoms. The average molecular weight is 240 g/mol. The van der Waals surface area contributed by atoms with Crippen molar-refractivity contribution in [2.24, 2.45) is 0 Å². The first kappa shape index (κ1) is 13.0. The number of nitrogen functional groups attached to an aromatic ring is 1. The molecule has 3 N–H and O–H groups in total. The first-order valence-corrected chi connectivity index (χ1v) is 5.34. The molecule has 1 rings (SSSR count). The molecule has 7 nitrogen and oxygen atoms in total. The van der Waals surface area contributed by atoms with E-state index in [1.54, 1.807) is 13.8 Å². The Hall–Kier alpha value is -2.05. The molecule has 0 bridgehead atoms. The van der Waals surface area contributed by atoms with Gasteiger partial charge in [-0.05, 0) is 13.8 Å². The number of carbonyl (C=O) groups is 2. The van der Waals surface area contributed by atoms with Crippen molar-refractivity contribution in [3.05, 3.63) is 11.8 Å². The Morgan fingerprint density at radius 2 is 2.24 bits per heavy atom. The highest BCUT2D eigenvalue weighted by Crippen LogP contribution is 2.05. The number of H-pyrrole nitrogens is 1. The number of amides is 1. The summed E-state index contributed by atoms with van der Waals surface area (Å²) >= 11 is 0. The summed E-state index contributed by atoms with van der Waals surface area (Å²) in [5, 5.41) is 6.17. The molecule has 0 aliphatic carbocycles. The molecule has 1 heterocycles. The fourth-order valence-corrected chi connectivity index (χ4v) is 1.31. The van der Waals surface area contributed by atoms with Crippen molar-refractivity contribution in [3.63, 3.8) is 0 Å². The molecule has 0 atom stereocenters. The van der Waals surface area contributed by atoms with Gasteiger partial charge in [-0.25, -0.2) is 0 Å². The lowest BCUT2D eigenvalue weighted by Gasteiger charge is -2.18. The van der Waals surface area contributed by atoms with Crippen molar-refractivity contribution < 1.29 is 14.3 Å². The number of ether oxygens (including phenoxy) is 1. The van der Waals surface area contributed by atoms with Gasteiger partial charge in [-0.3, -0.25) is 14.7 Å². The number of likely N-dealkylation sites (N-methyl/N-ethyl adjacent to an activating group) is 1. The number of nitrogens with two attached hydrogens (primary N) is 1. The van der Waals surface area contributed by atoms with Crippen molar-refractivity contribution >= 4 is 17.7 Å². The van der Waals surface area contributed by atoms with Crippen LogP contribution in [0, 0.1) is 0 Å². The lowest BCUT2D eigenvalue weighted by atomic mass is 10.3. The van der Waals surface area contributed by atoms with E-state index < -0.39 is 5.97 Å². The molecule has 7 heteroatoms. The molecule has 1 amide bonds. The molecule has 0 fully saturated rings. The van der Waals surface area contributed by atoms with Gasteiger partial charge in [0.15, 0.2) is 0 Å². The van der Waals surface area contributed by atoms with E-state index in [2.05, 4.69) is 10.2 Å². The van der Waals surface area contributed by atoms with Crippen LogP contribution in [0.2, 0.25) is 0 Å². The maximum Gasteiger partial charge on any atom is 0.325 e. The average Bonchev–Trinajstić information content (AvgIpc) is 2.72. The zero-order chi connectivity index (χ0) is 12.8. The number of rotatable bonds is 5. The molecule has 94 valence electrons. The van der Waals surface area contributed by atoms with Crippen molar-refractivity contribution in [2.75, 3.05) is 25.4 Å². The number of nitrogens with zero attached hydrogens (tertiary/aromatic N) is 2. The summed E-state index contributed by atoms with van der Waals surface area (Å²) in [6.45, 7) is 4.10. The minimum absolute atomic E-state index is 0.0813. The molecule has 1 aromatic heterocycles. The first-order chi connectivity index (χ1) is 8.08. The number of hydrogen-bond donors (Lipinski definition) is 2. The molecule has 17 heavy (non-hydrogen) atoms. The second-order valence-electron chi connectivity index (χ2n) is 3.33. The lowest BCUT2D eigenvalue weighted by molar-refractivity contribution is -0.143. The zero-order valence-corrected chi connectivity index (χ0v) is 9.90. The van der Waals surface area contributed by atoms with E-state index in [0.717, 1.165) is 0 Å². The Labute approximate surface area is 98.9 Å². The van der Waals surface area contributed by atoms with Gasteiger partial charge in [0.05, 0.1) is 6.61 Å². The largest absolute Gasteiger partial charge is 0.465 e. The topological polar surface area (TPSA) is 101 Å². The number of carbonyl (C=O) groups excluding carboxylic acids is 2. The van der Waals surface area contributed by atoms with Crippen LogP contribution in [-0.4, -0.2) is 46.7 Å². The third kappa shape index (κ3) is 3.47. The maximum atomic E-state index is 11.9. The van der Waals surface area contributed by atoms with E-state index in [1.165, 1.54) is 11.0 Å². The molecular formula is C10H16N4O3. The van der Waals surface area contributed by atoms with Crippen molar-refractivity contribution in [2.45, 2.75) is 13.8 Å². The quantitative estimate of drug-likeness (QED) is 0.706. The summed E-state index contributed by atoms with van der Waals surface area (Å²) in [6.07, 6.45) is 0. The number of anilines is 1. The molecule has 0 unspecified atom stereocenters. The van der Waals surface area contributed by atoms with Gasteiger partial charge in [0.25, 0.3) is 5.91 Å². The molecule has 0 aliphatic heterocycles. The monoisotopic (exact) mass is 240 g/mol. The molecule has 0 saturated carbocycles. The van der Waals surface area contributed by atoms with Crippen molar-refractivity contribution in [1.29, 1.82) is 0 Å². The predicted molar refractivity (Wildman–Crippen MR) is 61.2 cm³/mol. The van der Waals surface area contributed by atoms with Crippen LogP contribution in [-0.2, 0) is 9.53 Å². The van der Waals surface area contributed by atoms with Gasteiger partial charge in [-0.2, -0.15) is 5.10 Å². The van der Waals surface area contributed by atoms with E-state index >= 15 is 0 Å². The Morgan fingerprint density at radius 3 is 2.71 bits per heavy atom. The number of nitrogens with one attached hydrogen (secondary N) is 1. The van der Waals surface area contributed by atoms with Gasteiger partial charge >= 0.3 is 5.97 Å². The van der Waals surface area contributed by atoms with E-state index in [4.69, 9.17) is 10.5 Å². The molecule has 0 saturated heterocycles. The fourth-order valence-electron chi connectivity index (χ4n) is 1.31. The number of aromatic nitrogens is 2. The standard InChI is InChI=1S/C10H16N4O3/c1-3-14(6-9(15)17-4-2)10(16)7-5-8(11)13-12-7/h5H,3-4,6H2,1-2H3,(H3,11,12,13). The third-order valence-electron chi connectivity index (χ3n) is 2.12. The van der Waals surface area contributed by atoms with Crippen LogP contribution in [0.1, 0.15) is 24.3 Å². The van der Waals surface area contributed by atoms with Gasteiger partial charge < -0.3 is 15.4 Å². The van der Waals surface area contributed by atoms with E-state index in [-0.39, 0.29) is 24.0 Å². The Bertz CT molecular complexity index is 402. The number of esters is 1. The van der Waals surface area contributed by atoms with Crippen LogP contribution >= 0.6 is 0 Å². The summed E-state index contributed by atoms with van der Waals surface area (Å²) in [4.78, 5) is 24.6. The summed E-state index contributed by atoms with van der Waals surface area (Å²) in [7, 11) is 0. The van der Waals surface area contributed by atoms with Crippen LogP contribution in [0.25, 0.3) is 0 Å². The van der Waals surface area contributed by atoms with Crippen LogP contribution in [0.3, 0.4) is 0 Å². The van der Waals surface area contributed by atoms with Crippen LogP contribution in [0.4, 0.5) is 5.82 Å². The fraction of sp³-hybridized carbons (Fsp3) is 0.500. The van der Waals surface area contributed by atoms with Gasteiger partial charge in [0, 0.05) is 12.6 Å².